The van der Waals surface area contributed by atoms with Crippen LogP contribution in [0.1, 0.15) is 31.1 Å². The number of benzene rings is 3. The fourth-order valence-electron chi connectivity index (χ4n) is 2.59. The Labute approximate surface area is 147 Å². The van der Waals surface area contributed by atoms with Crippen molar-refractivity contribution in [3.63, 3.8) is 0 Å². The Hall–Kier alpha value is -3.87. The molecule has 7 heteroatoms. The van der Waals surface area contributed by atoms with E-state index in [-0.39, 0.29) is 22.6 Å². The normalized spacial score (nSPS) is 10.5. The van der Waals surface area contributed by atoms with Gasteiger partial charge in [-0.3, -0.25) is 4.79 Å². The predicted octanol–water partition coefficient (Wildman–Crippen LogP) is 3.19. The lowest BCUT2D eigenvalue weighted by atomic mass is 10.0. The maximum absolute atomic E-state index is 12.4. The van der Waals surface area contributed by atoms with Gasteiger partial charge >= 0.3 is 11.9 Å². The van der Waals surface area contributed by atoms with Crippen molar-refractivity contribution in [2.45, 2.75) is 0 Å². The summed E-state index contributed by atoms with van der Waals surface area (Å²) in [6.45, 7) is 0. The van der Waals surface area contributed by atoms with Crippen LogP contribution in [0.4, 0.5) is 5.69 Å². The lowest BCUT2D eigenvalue weighted by molar-refractivity contribution is 0.0651. The van der Waals surface area contributed by atoms with Gasteiger partial charge in [0.1, 0.15) is 5.75 Å². The Morgan fingerprint density at radius 3 is 1.96 bits per heavy atom. The van der Waals surface area contributed by atoms with E-state index in [1.165, 1.54) is 18.2 Å². The van der Waals surface area contributed by atoms with Gasteiger partial charge in [-0.15, -0.1) is 0 Å². The van der Waals surface area contributed by atoms with E-state index in [0.717, 1.165) is 22.9 Å². The first kappa shape index (κ1) is 17.0. The minimum Gasteiger partial charge on any atom is -0.507 e. The molecule has 0 radical (unpaired) electrons. The molecule has 7 nitrogen and oxygen atoms in total. The molecule has 0 unspecified atom stereocenters. The van der Waals surface area contributed by atoms with E-state index in [0.29, 0.717) is 0 Å². The molecule has 26 heavy (non-hydrogen) atoms. The summed E-state index contributed by atoms with van der Waals surface area (Å²) in [6.07, 6.45) is 0. The van der Waals surface area contributed by atoms with Crippen LogP contribution in [-0.2, 0) is 0 Å². The molecular formula is C19H13NO6. The molecule has 3 aromatic carbocycles. The second-order valence-corrected chi connectivity index (χ2v) is 5.54. The zero-order chi connectivity index (χ0) is 18.8. The molecule has 0 saturated carbocycles. The first-order chi connectivity index (χ1) is 12.4. The zero-order valence-electron chi connectivity index (χ0n) is 13.3. The van der Waals surface area contributed by atoms with E-state index < -0.39 is 23.4 Å². The van der Waals surface area contributed by atoms with Gasteiger partial charge in [0.05, 0.1) is 16.7 Å². The SMILES string of the molecule is O=C(Nc1ccc(C(=O)O)c(C(=O)O)c1)c1cc2ccccc2cc1O. The van der Waals surface area contributed by atoms with E-state index >= 15 is 0 Å². The number of carboxylic acids is 2. The van der Waals surface area contributed by atoms with Crippen LogP contribution in [0.25, 0.3) is 10.8 Å². The van der Waals surface area contributed by atoms with Gasteiger partial charge in [-0.2, -0.15) is 0 Å². The summed E-state index contributed by atoms with van der Waals surface area (Å²) < 4.78 is 0. The second-order valence-electron chi connectivity index (χ2n) is 5.54. The highest BCUT2D eigenvalue weighted by molar-refractivity contribution is 6.09. The molecule has 0 aliphatic heterocycles. The van der Waals surface area contributed by atoms with Gasteiger partial charge in [-0.1, -0.05) is 24.3 Å². The molecule has 0 aliphatic carbocycles. The highest BCUT2D eigenvalue weighted by atomic mass is 16.4. The molecule has 0 aromatic heterocycles. The van der Waals surface area contributed by atoms with Crippen molar-refractivity contribution in [3.8, 4) is 5.75 Å². The van der Waals surface area contributed by atoms with Crippen molar-refractivity contribution in [1.29, 1.82) is 0 Å². The molecule has 0 atom stereocenters. The summed E-state index contributed by atoms with van der Waals surface area (Å²) in [6, 6.07) is 13.6. The van der Waals surface area contributed by atoms with Crippen LogP contribution in [-0.4, -0.2) is 33.2 Å². The lowest BCUT2D eigenvalue weighted by Gasteiger charge is -2.10. The third-order valence-corrected chi connectivity index (χ3v) is 3.85. The number of rotatable bonds is 4. The van der Waals surface area contributed by atoms with Gasteiger partial charge in [-0.05, 0) is 41.1 Å². The number of carbonyl (C=O) groups excluding carboxylic acids is 1. The standard InChI is InChI=1S/C19H13NO6/c21-16-8-11-4-2-1-3-10(11)7-15(16)17(22)20-12-5-6-13(18(23)24)14(9-12)19(25)26/h1-9,21H,(H,20,22)(H,23,24)(H,25,26). The molecule has 1 amide bonds. The average molecular weight is 351 g/mol. The van der Waals surface area contributed by atoms with Crippen molar-refractivity contribution in [1.82, 2.24) is 0 Å². The average Bonchev–Trinajstić information content (AvgIpc) is 2.60. The Kier molecular flexibility index (Phi) is 4.28. The third-order valence-electron chi connectivity index (χ3n) is 3.85. The summed E-state index contributed by atoms with van der Waals surface area (Å²) in [4.78, 5) is 34.7. The van der Waals surface area contributed by atoms with Crippen LogP contribution in [0, 0.1) is 0 Å². The number of hydrogen-bond acceptors (Lipinski definition) is 4. The quantitative estimate of drug-likeness (QED) is 0.572. The van der Waals surface area contributed by atoms with E-state index in [4.69, 9.17) is 10.2 Å². The summed E-state index contributed by atoms with van der Waals surface area (Å²) in [7, 11) is 0. The highest BCUT2D eigenvalue weighted by Crippen LogP contribution is 2.26. The van der Waals surface area contributed by atoms with E-state index in [1.807, 2.05) is 0 Å². The predicted molar refractivity (Wildman–Crippen MR) is 93.9 cm³/mol. The smallest absolute Gasteiger partial charge is 0.336 e. The fraction of sp³-hybridized carbons (Fsp3) is 0. The van der Waals surface area contributed by atoms with Gasteiger partial charge in [0, 0.05) is 5.69 Å². The summed E-state index contributed by atoms with van der Waals surface area (Å²) in [5.74, 6) is -3.67. The van der Waals surface area contributed by atoms with Crippen LogP contribution in [0.15, 0.2) is 54.6 Å². The lowest BCUT2D eigenvalue weighted by Crippen LogP contribution is -2.14. The maximum atomic E-state index is 12.4. The van der Waals surface area contributed by atoms with E-state index in [2.05, 4.69) is 5.32 Å². The maximum Gasteiger partial charge on any atom is 0.336 e. The molecule has 4 N–H and O–H groups in total. The Morgan fingerprint density at radius 1 is 0.731 bits per heavy atom. The number of nitrogens with one attached hydrogen (secondary N) is 1. The van der Waals surface area contributed by atoms with Crippen molar-refractivity contribution >= 4 is 34.3 Å². The first-order valence-electron chi connectivity index (χ1n) is 7.50. The molecule has 0 saturated heterocycles. The van der Waals surface area contributed by atoms with Gasteiger partial charge in [0.15, 0.2) is 0 Å². The zero-order valence-corrected chi connectivity index (χ0v) is 13.3. The van der Waals surface area contributed by atoms with Gasteiger partial charge in [0.25, 0.3) is 5.91 Å². The van der Waals surface area contributed by atoms with Gasteiger partial charge < -0.3 is 20.6 Å². The molecule has 0 fully saturated rings. The number of phenolic OH excluding ortho intramolecular Hbond substituents is 1. The van der Waals surface area contributed by atoms with Crippen LogP contribution in [0.2, 0.25) is 0 Å². The Balaban J connectivity index is 1.95. The van der Waals surface area contributed by atoms with Crippen molar-refractivity contribution in [3.05, 3.63) is 71.3 Å². The van der Waals surface area contributed by atoms with Crippen molar-refractivity contribution in [2.24, 2.45) is 0 Å². The number of aromatic carboxylic acids is 2. The fourth-order valence-corrected chi connectivity index (χ4v) is 2.59. The largest absolute Gasteiger partial charge is 0.507 e. The number of anilines is 1. The number of carboxylic acid groups (broad SMARTS) is 2. The topological polar surface area (TPSA) is 124 Å². The minimum atomic E-state index is -1.42. The molecule has 3 aromatic rings. The highest BCUT2D eigenvalue weighted by Gasteiger charge is 2.18. The van der Waals surface area contributed by atoms with Gasteiger partial charge in [0.2, 0.25) is 0 Å². The Morgan fingerprint density at radius 2 is 1.35 bits per heavy atom. The number of carbonyl (C=O) groups is 3. The van der Waals surface area contributed by atoms with Gasteiger partial charge in [-0.25, -0.2) is 9.59 Å². The number of hydrogen-bond donors (Lipinski definition) is 4. The van der Waals surface area contributed by atoms with Crippen molar-refractivity contribution < 1.29 is 29.7 Å². The van der Waals surface area contributed by atoms with Crippen LogP contribution in [0.5, 0.6) is 5.75 Å². The monoisotopic (exact) mass is 351 g/mol. The summed E-state index contributed by atoms with van der Waals surface area (Å²) in [5.41, 5.74) is -0.713. The molecule has 130 valence electrons. The number of amides is 1. The number of fused-ring (bicyclic) bond motifs is 1. The first-order valence-corrected chi connectivity index (χ1v) is 7.50. The molecular weight excluding hydrogens is 338 g/mol. The molecule has 0 heterocycles. The van der Waals surface area contributed by atoms with Crippen LogP contribution >= 0.6 is 0 Å². The van der Waals surface area contributed by atoms with Crippen LogP contribution in [0.3, 0.4) is 0 Å². The number of aromatic hydroxyl groups is 1. The summed E-state index contributed by atoms with van der Waals surface area (Å²) >= 11 is 0. The summed E-state index contributed by atoms with van der Waals surface area (Å²) in [5, 5.41) is 32.2. The van der Waals surface area contributed by atoms with Crippen LogP contribution < -0.4 is 5.32 Å². The molecule has 0 bridgehead atoms. The van der Waals surface area contributed by atoms with E-state index in [9.17, 15) is 19.5 Å². The third kappa shape index (κ3) is 3.18. The van der Waals surface area contributed by atoms with Crippen molar-refractivity contribution in [2.75, 3.05) is 5.32 Å². The molecule has 0 aliphatic rings. The molecule has 0 spiro atoms. The second kappa shape index (κ2) is 6.56. The molecule has 3 rings (SSSR count). The number of phenols is 1. The minimum absolute atomic E-state index is 0.0166. The Bertz CT molecular complexity index is 1060. The van der Waals surface area contributed by atoms with E-state index in [1.54, 1.807) is 24.3 Å².